The average molecular weight is 270 g/mol. The van der Waals surface area contributed by atoms with Gasteiger partial charge in [0.2, 0.25) is 12.0 Å². The lowest BCUT2D eigenvalue weighted by Crippen LogP contribution is -2.38. The first-order valence-corrected chi connectivity index (χ1v) is 5.89. The fraction of sp³-hybridized carbons (Fsp3) is 0.333. The van der Waals surface area contributed by atoms with Crippen molar-refractivity contribution in [1.82, 2.24) is 5.32 Å². The summed E-state index contributed by atoms with van der Waals surface area (Å²) in [6, 6.07) is 4.16. The molecule has 1 amide bonds. The summed E-state index contributed by atoms with van der Waals surface area (Å²) in [6.07, 6.45) is 0.443. The SMILES string of the molecule is CCC(NC(=O)c1ccc2c(c1)OCO2)C(=O)Cl. The van der Waals surface area contributed by atoms with E-state index in [1.54, 1.807) is 25.1 Å². The summed E-state index contributed by atoms with van der Waals surface area (Å²) in [5.74, 6) is 0.758. The molecule has 0 radical (unpaired) electrons. The van der Waals surface area contributed by atoms with Crippen LogP contribution in [-0.4, -0.2) is 24.0 Å². The van der Waals surface area contributed by atoms with Crippen LogP contribution in [0.15, 0.2) is 18.2 Å². The van der Waals surface area contributed by atoms with Crippen LogP contribution in [0.5, 0.6) is 11.5 Å². The number of hydrogen-bond donors (Lipinski definition) is 1. The second-order valence-electron chi connectivity index (χ2n) is 3.81. The van der Waals surface area contributed by atoms with Crippen molar-refractivity contribution in [3.63, 3.8) is 0 Å². The lowest BCUT2D eigenvalue weighted by molar-refractivity contribution is -0.113. The molecule has 0 aliphatic carbocycles. The third-order valence-electron chi connectivity index (χ3n) is 2.62. The summed E-state index contributed by atoms with van der Waals surface area (Å²) in [6.45, 7) is 1.92. The van der Waals surface area contributed by atoms with Crippen molar-refractivity contribution in [1.29, 1.82) is 0 Å². The molecule has 0 aromatic heterocycles. The van der Waals surface area contributed by atoms with E-state index in [4.69, 9.17) is 21.1 Å². The van der Waals surface area contributed by atoms with Gasteiger partial charge in [0.15, 0.2) is 11.5 Å². The van der Waals surface area contributed by atoms with Crippen LogP contribution < -0.4 is 14.8 Å². The van der Waals surface area contributed by atoms with Gasteiger partial charge in [0.05, 0.1) is 0 Å². The number of halogens is 1. The highest BCUT2D eigenvalue weighted by Gasteiger charge is 2.20. The molecule has 5 nitrogen and oxygen atoms in total. The van der Waals surface area contributed by atoms with Crippen LogP contribution >= 0.6 is 11.6 Å². The number of rotatable bonds is 4. The van der Waals surface area contributed by atoms with E-state index in [1.807, 2.05) is 0 Å². The molecule has 18 heavy (non-hydrogen) atoms. The van der Waals surface area contributed by atoms with Crippen LogP contribution in [0.2, 0.25) is 0 Å². The summed E-state index contributed by atoms with van der Waals surface area (Å²) < 4.78 is 10.3. The highest BCUT2D eigenvalue weighted by atomic mass is 35.5. The Bertz CT molecular complexity index is 489. The van der Waals surface area contributed by atoms with Crippen molar-refractivity contribution in [2.24, 2.45) is 0 Å². The first-order valence-electron chi connectivity index (χ1n) is 5.51. The van der Waals surface area contributed by atoms with E-state index < -0.39 is 11.3 Å². The first kappa shape index (κ1) is 12.7. The molecule has 1 aliphatic heterocycles. The number of carbonyl (C=O) groups is 2. The molecule has 2 rings (SSSR count). The van der Waals surface area contributed by atoms with Crippen molar-refractivity contribution < 1.29 is 19.1 Å². The second kappa shape index (κ2) is 5.27. The molecule has 0 saturated heterocycles. The fourth-order valence-electron chi connectivity index (χ4n) is 1.60. The number of hydrogen-bond acceptors (Lipinski definition) is 4. The van der Waals surface area contributed by atoms with Gasteiger partial charge in [-0.25, -0.2) is 0 Å². The highest BCUT2D eigenvalue weighted by molar-refractivity contribution is 6.64. The van der Waals surface area contributed by atoms with E-state index in [0.717, 1.165) is 0 Å². The normalized spacial score (nSPS) is 14.1. The maximum atomic E-state index is 11.9. The van der Waals surface area contributed by atoms with E-state index in [1.165, 1.54) is 0 Å². The largest absolute Gasteiger partial charge is 0.454 e. The number of carbonyl (C=O) groups excluding carboxylic acids is 2. The van der Waals surface area contributed by atoms with Gasteiger partial charge >= 0.3 is 0 Å². The van der Waals surface area contributed by atoms with Gasteiger partial charge in [-0.3, -0.25) is 9.59 Å². The molecular formula is C12H12ClNO4. The van der Waals surface area contributed by atoms with Crippen LogP contribution in [0.3, 0.4) is 0 Å². The van der Waals surface area contributed by atoms with Crippen molar-refractivity contribution in [2.45, 2.75) is 19.4 Å². The second-order valence-corrected chi connectivity index (χ2v) is 4.18. The third kappa shape index (κ3) is 2.56. The van der Waals surface area contributed by atoms with Crippen molar-refractivity contribution in [3.8, 4) is 11.5 Å². The maximum Gasteiger partial charge on any atom is 0.252 e. The zero-order chi connectivity index (χ0) is 13.1. The van der Waals surface area contributed by atoms with Gasteiger partial charge in [0.1, 0.15) is 6.04 Å². The number of fused-ring (bicyclic) bond motifs is 1. The first-order chi connectivity index (χ1) is 8.61. The lowest BCUT2D eigenvalue weighted by Gasteiger charge is -2.12. The zero-order valence-electron chi connectivity index (χ0n) is 9.73. The zero-order valence-corrected chi connectivity index (χ0v) is 10.5. The molecule has 0 saturated carbocycles. The monoisotopic (exact) mass is 269 g/mol. The van der Waals surface area contributed by atoms with Crippen LogP contribution in [0.25, 0.3) is 0 Å². The van der Waals surface area contributed by atoms with E-state index >= 15 is 0 Å². The standard InChI is InChI=1S/C12H12ClNO4/c1-2-8(11(13)15)14-12(16)7-3-4-9-10(5-7)18-6-17-9/h3-5,8H,2,6H2,1H3,(H,14,16). The highest BCUT2D eigenvalue weighted by Crippen LogP contribution is 2.32. The van der Waals surface area contributed by atoms with Crippen molar-refractivity contribution >= 4 is 22.8 Å². The van der Waals surface area contributed by atoms with E-state index in [-0.39, 0.29) is 12.7 Å². The van der Waals surface area contributed by atoms with Crippen LogP contribution in [0, 0.1) is 0 Å². The molecule has 1 aromatic rings. The summed E-state index contributed by atoms with van der Waals surface area (Å²) in [7, 11) is 0. The molecule has 96 valence electrons. The summed E-state index contributed by atoms with van der Waals surface area (Å²) in [5.41, 5.74) is 0.399. The molecule has 1 N–H and O–H groups in total. The predicted molar refractivity (Wildman–Crippen MR) is 65.0 cm³/mol. The Morgan fingerprint density at radius 2 is 2.11 bits per heavy atom. The van der Waals surface area contributed by atoms with Gasteiger partial charge in [-0.1, -0.05) is 6.92 Å². The summed E-state index contributed by atoms with van der Waals surface area (Å²) >= 11 is 5.37. The summed E-state index contributed by atoms with van der Waals surface area (Å²) in [4.78, 5) is 22.9. The van der Waals surface area contributed by atoms with E-state index in [9.17, 15) is 9.59 Å². The van der Waals surface area contributed by atoms with Crippen LogP contribution in [-0.2, 0) is 4.79 Å². The molecule has 1 aliphatic rings. The molecule has 0 fully saturated rings. The van der Waals surface area contributed by atoms with Gasteiger partial charge in [0, 0.05) is 5.56 Å². The van der Waals surface area contributed by atoms with Gasteiger partial charge in [-0.2, -0.15) is 0 Å². The average Bonchev–Trinajstić information content (AvgIpc) is 2.82. The molecular weight excluding hydrogens is 258 g/mol. The molecule has 1 heterocycles. The molecule has 1 aromatic carbocycles. The minimum Gasteiger partial charge on any atom is -0.454 e. The van der Waals surface area contributed by atoms with Gasteiger partial charge in [-0.15, -0.1) is 0 Å². The predicted octanol–water partition coefficient (Wildman–Crippen LogP) is 1.69. The van der Waals surface area contributed by atoms with Gasteiger partial charge in [-0.05, 0) is 36.2 Å². The Morgan fingerprint density at radius 3 is 2.78 bits per heavy atom. The Kier molecular flexibility index (Phi) is 3.72. The van der Waals surface area contributed by atoms with E-state index in [2.05, 4.69) is 5.32 Å². The fourth-order valence-corrected chi connectivity index (χ4v) is 1.81. The third-order valence-corrected chi connectivity index (χ3v) is 2.89. The summed E-state index contributed by atoms with van der Waals surface area (Å²) in [5, 5.41) is 1.98. The minimum absolute atomic E-state index is 0.151. The molecule has 0 bridgehead atoms. The maximum absolute atomic E-state index is 11.9. The van der Waals surface area contributed by atoms with E-state index in [0.29, 0.717) is 23.5 Å². The molecule has 6 heteroatoms. The Morgan fingerprint density at radius 1 is 1.39 bits per heavy atom. The smallest absolute Gasteiger partial charge is 0.252 e. The van der Waals surface area contributed by atoms with Crippen molar-refractivity contribution in [3.05, 3.63) is 23.8 Å². The van der Waals surface area contributed by atoms with Crippen LogP contribution in [0.4, 0.5) is 0 Å². The number of benzene rings is 1. The van der Waals surface area contributed by atoms with Gasteiger partial charge < -0.3 is 14.8 Å². The Labute approximate surface area is 109 Å². The number of ether oxygens (including phenoxy) is 2. The number of nitrogens with one attached hydrogen (secondary N) is 1. The Balaban J connectivity index is 2.12. The van der Waals surface area contributed by atoms with Crippen molar-refractivity contribution in [2.75, 3.05) is 6.79 Å². The Hall–Kier alpha value is -1.75. The quantitative estimate of drug-likeness (QED) is 0.845. The number of amides is 1. The topological polar surface area (TPSA) is 64.6 Å². The van der Waals surface area contributed by atoms with Crippen LogP contribution in [0.1, 0.15) is 23.7 Å². The molecule has 0 spiro atoms. The van der Waals surface area contributed by atoms with Gasteiger partial charge in [0.25, 0.3) is 5.91 Å². The lowest BCUT2D eigenvalue weighted by atomic mass is 10.1. The minimum atomic E-state index is -0.676. The molecule has 1 atom stereocenters. The molecule has 1 unspecified atom stereocenters.